The number of hydrogen-bond acceptors (Lipinski definition) is 5. The van der Waals surface area contributed by atoms with E-state index in [0.717, 1.165) is 5.56 Å². The van der Waals surface area contributed by atoms with E-state index in [1.807, 2.05) is 37.3 Å². The lowest BCUT2D eigenvalue weighted by Crippen LogP contribution is -2.26. The minimum absolute atomic E-state index is 0.0129. The first-order valence-corrected chi connectivity index (χ1v) is 6.82. The summed E-state index contributed by atoms with van der Waals surface area (Å²) < 4.78 is 5.20. The van der Waals surface area contributed by atoms with Gasteiger partial charge in [0.2, 0.25) is 0 Å². The molecule has 0 aliphatic carbocycles. The second-order valence-electron chi connectivity index (χ2n) is 4.35. The number of nitriles is 2. The van der Waals surface area contributed by atoms with Crippen molar-refractivity contribution in [2.75, 3.05) is 13.1 Å². The van der Waals surface area contributed by atoms with Gasteiger partial charge in [-0.25, -0.2) is 0 Å². The summed E-state index contributed by atoms with van der Waals surface area (Å²) in [5.41, 5.74) is 0.948. The van der Waals surface area contributed by atoms with Crippen molar-refractivity contribution in [2.45, 2.75) is 13.5 Å². The first-order valence-electron chi connectivity index (χ1n) is 6.82. The Hall–Kier alpha value is -3.05. The summed E-state index contributed by atoms with van der Waals surface area (Å²) in [5, 5.41) is 17.2. The second-order valence-corrected chi connectivity index (χ2v) is 4.35. The highest BCUT2D eigenvalue weighted by molar-refractivity contribution is 5.71. The number of benzene rings is 1. The van der Waals surface area contributed by atoms with Crippen LogP contribution in [0.2, 0.25) is 0 Å². The van der Waals surface area contributed by atoms with Crippen molar-refractivity contribution in [1.82, 2.24) is 4.90 Å². The topological polar surface area (TPSA) is 77.1 Å². The molecule has 0 spiro atoms. The Balaban J connectivity index is 2.47. The van der Waals surface area contributed by atoms with Crippen LogP contribution in [0.15, 0.2) is 54.3 Å². The van der Waals surface area contributed by atoms with Gasteiger partial charge in [0.25, 0.3) is 0 Å². The molecular weight excluding hydrogens is 278 g/mol. The molecule has 1 aromatic rings. The summed E-state index contributed by atoms with van der Waals surface area (Å²) in [7, 11) is 0. The largest absolute Gasteiger partial charge is 0.459 e. The van der Waals surface area contributed by atoms with Gasteiger partial charge in [-0.05, 0) is 30.8 Å². The molecule has 0 heterocycles. The van der Waals surface area contributed by atoms with Crippen LogP contribution in [0, 0.1) is 22.7 Å². The summed E-state index contributed by atoms with van der Waals surface area (Å²) in [6.45, 7) is 2.86. The van der Waals surface area contributed by atoms with Crippen LogP contribution in [0.1, 0.15) is 12.5 Å². The molecule has 5 nitrogen and oxygen atoms in total. The van der Waals surface area contributed by atoms with Crippen molar-refractivity contribution in [3.8, 4) is 12.1 Å². The lowest BCUT2D eigenvalue weighted by molar-refractivity contribution is -0.145. The van der Waals surface area contributed by atoms with E-state index in [4.69, 9.17) is 15.3 Å². The van der Waals surface area contributed by atoms with Gasteiger partial charge in [0.05, 0.1) is 0 Å². The summed E-state index contributed by atoms with van der Waals surface area (Å²) in [4.78, 5) is 13.5. The zero-order valence-electron chi connectivity index (χ0n) is 12.4. The molecule has 5 heteroatoms. The van der Waals surface area contributed by atoms with Crippen molar-refractivity contribution in [1.29, 1.82) is 10.5 Å². The fourth-order valence-corrected chi connectivity index (χ4v) is 1.58. The maximum absolute atomic E-state index is 11.8. The fourth-order valence-electron chi connectivity index (χ4n) is 1.58. The quantitative estimate of drug-likeness (QED) is 0.439. The molecule has 0 amide bonds. The van der Waals surface area contributed by atoms with E-state index < -0.39 is 0 Å². The van der Waals surface area contributed by atoms with Crippen molar-refractivity contribution < 1.29 is 9.53 Å². The van der Waals surface area contributed by atoms with Gasteiger partial charge in [-0.3, -0.25) is 4.79 Å². The minimum Gasteiger partial charge on any atom is -0.459 e. The number of carbonyl (C=O) groups is 1. The molecule has 0 radical (unpaired) electrons. The third-order valence-electron chi connectivity index (χ3n) is 2.78. The average Bonchev–Trinajstić information content (AvgIpc) is 2.56. The van der Waals surface area contributed by atoms with Crippen molar-refractivity contribution in [3.63, 3.8) is 0 Å². The molecule has 0 N–H and O–H groups in total. The van der Waals surface area contributed by atoms with Gasteiger partial charge in [-0.1, -0.05) is 30.3 Å². The predicted octanol–water partition coefficient (Wildman–Crippen LogP) is 2.54. The van der Waals surface area contributed by atoms with Crippen LogP contribution in [0.5, 0.6) is 0 Å². The molecule has 0 unspecified atom stereocenters. The lowest BCUT2D eigenvalue weighted by atomic mass is 10.2. The van der Waals surface area contributed by atoms with E-state index in [0.29, 0.717) is 6.54 Å². The van der Waals surface area contributed by atoms with Crippen LogP contribution in [-0.4, -0.2) is 24.0 Å². The van der Waals surface area contributed by atoms with Crippen LogP contribution in [0.3, 0.4) is 0 Å². The molecule has 0 aliphatic heterocycles. The summed E-state index contributed by atoms with van der Waals surface area (Å²) in [5.74, 6) is -0.333. The normalized spacial score (nSPS) is 9.59. The Kier molecular flexibility index (Phi) is 7.57. The number of carbonyl (C=O) groups excluding carboxylic acids is 1. The summed E-state index contributed by atoms with van der Waals surface area (Å²) in [6, 6.07) is 13.0. The Morgan fingerprint density at radius 2 is 1.95 bits per heavy atom. The Morgan fingerprint density at radius 1 is 1.27 bits per heavy atom. The molecule has 0 aliphatic rings. The van der Waals surface area contributed by atoms with Gasteiger partial charge >= 0.3 is 5.97 Å². The maximum Gasteiger partial charge on any atom is 0.325 e. The number of likely N-dealkylation sites (N-methyl/N-ethyl adjacent to an activating group) is 1. The highest BCUT2D eigenvalue weighted by atomic mass is 16.5. The van der Waals surface area contributed by atoms with Gasteiger partial charge in [-0.2, -0.15) is 10.5 Å². The predicted molar refractivity (Wildman–Crippen MR) is 81.9 cm³/mol. The lowest BCUT2D eigenvalue weighted by Gasteiger charge is -2.16. The number of hydrogen-bond donors (Lipinski definition) is 0. The highest BCUT2D eigenvalue weighted by Crippen LogP contribution is 2.02. The molecule has 0 atom stereocenters. The molecule has 0 saturated heterocycles. The molecule has 112 valence electrons. The Morgan fingerprint density at radius 3 is 2.55 bits per heavy atom. The summed E-state index contributed by atoms with van der Waals surface area (Å²) in [6.07, 6.45) is 4.62. The smallest absolute Gasteiger partial charge is 0.325 e. The molecule has 22 heavy (non-hydrogen) atoms. The van der Waals surface area contributed by atoms with Gasteiger partial charge in [0, 0.05) is 6.54 Å². The molecule has 0 fully saturated rings. The average molecular weight is 295 g/mol. The number of ether oxygens (including phenoxy) is 1. The molecule has 1 aromatic carbocycles. The third-order valence-corrected chi connectivity index (χ3v) is 2.78. The van der Waals surface area contributed by atoms with Crippen LogP contribution >= 0.6 is 0 Å². The van der Waals surface area contributed by atoms with Crippen LogP contribution in [0.4, 0.5) is 0 Å². The minimum atomic E-state index is -0.333. The van der Waals surface area contributed by atoms with Gasteiger partial charge in [0.15, 0.2) is 0 Å². The van der Waals surface area contributed by atoms with E-state index in [2.05, 4.69) is 0 Å². The second kappa shape index (κ2) is 9.79. The van der Waals surface area contributed by atoms with E-state index >= 15 is 0 Å². The highest BCUT2D eigenvalue weighted by Gasteiger charge is 2.07. The molecular formula is C17H17N3O2. The molecule has 0 aromatic heterocycles. The molecule has 0 bridgehead atoms. The fraction of sp³-hybridized carbons (Fsp3) is 0.235. The number of nitrogens with zero attached hydrogens (tertiary/aromatic N) is 3. The SMILES string of the molecule is CCN(/C=C/C=C(C#N)C#N)CC(=O)OCc1ccccc1. The zero-order chi connectivity index (χ0) is 16.2. The van der Waals surface area contributed by atoms with Crippen molar-refractivity contribution >= 4 is 5.97 Å². The first-order chi connectivity index (χ1) is 10.7. The summed E-state index contributed by atoms with van der Waals surface area (Å²) >= 11 is 0. The maximum atomic E-state index is 11.8. The van der Waals surface area contributed by atoms with Crippen LogP contribution < -0.4 is 0 Å². The van der Waals surface area contributed by atoms with E-state index in [-0.39, 0.29) is 24.7 Å². The molecule has 1 rings (SSSR count). The first kappa shape index (κ1) is 17.0. The number of rotatable bonds is 7. The van der Waals surface area contributed by atoms with Gasteiger partial charge < -0.3 is 9.64 Å². The number of esters is 1. The zero-order valence-corrected chi connectivity index (χ0v) is 12.4. The van der Waals surface area contributed by atoms with Gasteiger partial charge in [-0.15, -0.1) is 0 Å². The van der Waals surface area contributed by atoms with Gasteiger partial charge in [0.1, 0.15) is 30.9 Å². The third kappa shape index (κ3) is 6.40. The van der Waals surface area contributed by atoms with Crippen molar-refractivity contribution in [3.05, 3.63) is 59.8 Å². The molecule has 0 saturated carbocycles. The van der Waals surface area contributed by atoms with E-state index in [1.54, 1.807) is 29.3 Å². The van der Waals surface area contributed by atoms with Crippen molar-refractivity contribution in [2.24, 2.45) is 0 Å². The Bertz CT molecular complexity index is 606. The van der Waals surface area contributed by atoms with Crippen LogP contribution in [-0.2, 0) is 16.1 Å². The Labute approximate surface area is 130 Å². The number of allylic oxidation sites excluding steroid dienone is 3. The van der Waals surface area contributed by atoms with Crippen LogP contribution in [0.25, 0.3) is 0 Å². The van der Waals surface area contributed by atoms with E-state index in [1.165, 1.54) is 6.08 Å². The van der Waals surface area contributed by atoms with E-state index in [9.17, 15) is 4.79 Å². The monoisotopic (exact) mass is 295 g/mol. The standard InChI is InChI=1S/C17H17N3O2/c1-2-20(10-6-9-16(11-18)12-19)13-17(21)22-14-15-7-4-3-5-8-15/h3-10H,2,13-14H2,1H3/b10-6+.